The summed E-state index contributed by atoms with van der Waals surface area (Å²) in [6, 6.07) is 2.03. The Morgan fingerprint density at radius 1 is 1.11 bits per heavy atom. The minimum absolute atomic E-state index is 0.140. The first-order valence-electron chi connectivity index (χ1n) is 8.13. The summed E-state index contributed by atoms with van der Waals surface area (Å²) in [5, 5.41) is 13.9. The lowest BCUT2D eigenvalue weighted by atomic mass is 9.86. The number of nitrogens with one attached hydrogen (secondary N) is 1. The number of aliphatic hydroxyl groups is 1. The first-order chi connectivity index (χ1) is 8.95. The van der Waals surface area contributed by atoms with Crippen molar-refractivity contribution in [2.75, 3.05) is 13.1 Å². The third-order valence-corrected chi connectivity index (χ3v) is 4.69. The number of nitrogens with zero attached hydrogens (tertiary/aromatic N) is 1. The molecule has 2 rings (SSSR count). The molecule has 0 radical (unpaired) electrons. The lowest BCUT2D eigenvalue weighted by Gasteiger charge is -2.41. The number of rotatable bonds is 6. The summed E-state index contributed by atoms with van der Waals surface area (Å²) in [6.45, 7) is 11.2. The Kier molecular flexibility index (Phi) is 5.27. The van der Waals surface area contributed by atoms with Crippen LogP contribution in [-0.2, 0) is 0 Å². The predicted octanol–water partition coefficient (Wildman–Crippen LogP) is 2.24. The molecule has 0 spiro atoms. The minimum atomic E-state index is -0.140. The third-order valence-electron chi connectivity index (χ3n) is 4.69. The standard InChI is InChI=1S/C16H32N2O/c1-11(2)16(19)8-13-7-15(17-14-5-6-14)10-18(9-13)12(3)4/h11-17,19H,5-10H2,1-4H3. The first kappa shape index (κ1) is 15.3. The van der Waals surface area contributed by atoms with Crippen LogP contribution in [0.1, 0.15) is 53.4 Å². The maximum absolute atomic E-state index is 10.1. The van der Waals surface area contributed by atoms with E-state index in [9.17, 15) is 5.11 Å². The van der Waals surface area contributed by atoms with Gasteiger partial charge < -0.3 is 10.4 Å². The lowest BCUT2D eigenvalue weighted by Crippen LogP contribution is -2.52. The molecule has 0 bridgehead atoms. The summed E-state index contributed by atoms with van der Waals surface area (Å²) in [4.78, 5) is 2.58. The molecule has 2 fully saturated rings. The molecular formula is C16H32N2O. The van der Waals surface area contributed by atoms with E-state index in [1.807, 2.05) is 0 Å². The molecule has 2 N–H and O–H groups in total. The van der Waals surface area contributed by atoms with E-state index in [-0.39, 0.29) is 6.10 Å². The van der Waals surface area contributed by atoms with Crippen LogP contribution in [0.25, 0.3) is 0 Å². The van der Waals surface area contributed by atoms with Gasteiger partial charge in [0.1, 0.15) is 0 Å². The van der Waals surface area contributed by atoms with E-state index in [0.717, 1.165) is 19.0 Å². The molecule has 3 atom stereocenters. The smallest absolute Gasteiger partial charge is 0.0566 e. The zero-order valence-corrected chi connectivity index (χ0v) is 13.1. The van der Waals surface area contributed by atoms with Gasteiger partial charge in [-0.25, -0.2) is 0 Å². The van der Waals surface area contributed by atoms with Crippen LogP contribution in [0.5, 0.6) is 0 Å². The van der Waals surface area contributed by atoms with Crippen LogP contribution in [0.3, 0.4) is 0 Å². The van der Waals surface area contributed by atoms with Crippen molar-refractivity contribution in [2.24, 2.45) is 11.8 Å². The highest BCUT2D eigenvalue weighted by atomic mass is 16.3. The zero-order valence-electron chi connectivity index (χ0n) is 13.1. The van der Waals surface area contributed by atoms with Crippen LogP contribution in [0.15, 0.2) is 0 Å². The van der Waals surface area contributed by atoms with Crippen molar-refractivity contribution in [3.63, 3.8) is 0 Å². The van der Waals surface area contributed by atoms with Crippen molar-refractivity contribution in [1.82, 2.24) is 10.2 Å². The molecule has 3 heteroatoms. The molecule has 0 amide bonds. The highest BCUT2D eigenvalue weighted by Gasteiger charge is 2.33. The molecule has 0 aromatic heterocycles. The van der Waals surface area contributed by atoms with Crippen LogP contribution in [-0.4, -0.2) is 47.3 Å². The summed E-state index contributed by atoms with van der Waals surface area (Å²) in [5.74, 6) is 1.02. The van der Waals surface area contributed by atoms with Gasteiger partial charge in [0.05, 0.1) is 6.10 Å². The Morgan fingerprint density at radius 3 is 2.32 bits per heavy atom. The highest BCUT2D eigenvalue weighted by molar-refractivity contribution is 4.91. The quantitative estimate of drug-likeness (QED) is 0.775. The normalized spacial score (nSPS) is 31.1. The number of hydrogen-bond acceptors (Lipinski definition) is 3. The van der Waals surface area contributed by atoms with Crippen molar-refractivity contribution in [1.29, 1.82) is 0 Å². The topological polar surface area (TPSA) is 35.5 Å². The average molecular weight is 268 g/mol. The SMILES string of the molecule is CC(C)C(O)CC1CC(NC2CC2)CN(C(C)C)C1. The molecule has 19 heavy (non-hydrogen) atoms. The second kappa shape index (κ2) is 6.55. The molecule has 112 valence electrons. The Hall–Kier alpha value is -0.120. The van der Waals surface area contributed by atoms with E-state index in [4.69, 9.17) is 0 Å². The number of aliphatic hydroxyl groups excluding tert-OH is 1. The van der Waals surface area contributed by atoms with Crippen LogP contribution in [0, 0.1) is 11.8 Å². The third kappa shape index (κ3) is 4.73. The van der Waals surface area contributed by atoms with E-state index >= 15 is 0 Å². The maximum Gasteiger partial charge on any atom is 0.0566 e. The van der Waals surface area contributed by atoms with E-state index < -0.39 is 0 Å². The van der Waals surface area contributed by atoms with Crippen molar-refractivity contribution in [2.45, 2.75) is 77.6 Å². The van der Waals surface area contributed by atoms with Gasteiger partial charge in [-0.15, -0.1) is 0 Å². The summed E-state index contributed by atoms with van der Waals surface area (Å²) < 4.78 is 0. The van der Waals surface area contributed by atoms with E-state index in [1.165, 1.54) is 25.8 Å². The van der Waals surface area contributed by atoms with Gasteiger partial charge in [-0.1, -0.05) is 13.8 Å². The van der Waals surface area contributed by atoms with Gasteiger partial charge in [-0.3, -0.25) is 4.90 Å². The number of likely N-dealkylation sites (tertiary alicyclic amines) is 1. The number of hydrogen-bond donors (Lipinski definition) is 2. The van der Waals surface area contributed by atoms with Crippen molar-refractivity contribution < 1.29 is 5.11 Å². The highest BCUT2D eigenvalue weighted by Crippen LogP contribution is 2.27. The zero-order chi connectivity index (χ0) is 14.0. The molecule has 2 aliphatic rings. The van der Waals surface area contributed by atoms with Crippen molar-refractivity contribution in [3.8, 4) is 0 Å². The molecule has 1 saturated carbocycles. The van der Waals surface area contributed by atoms with Gasteiger partial charge >= 0.3 is 0 Å². The fourth-order valence-electron chi connectivity index (χ4n) is 3.15. The van der Waals surface area contributed by atoms with E-state index in [1.54, 1.807) is 0 Å². The van der Waals surface area contributed by atoms with Gasteiger partial charge in [0.2, 0.25) is 0 Å². The van der Waals surface area contributed by atoms with Crippen molar-refractivity contribution in [3.05, 3.63) is 0 Å². The van der Waals surface area contributed by atoms with Gasteiger partial charge in [0, 0.05) is 31.2 Å². The van der Waals surface area contributed by atoms with E-state index in [2.05, 4.69) is 37.9 Å². The summed E-state index contributed by atoms with van der Waals surface area (Å²) in [5.41, 5.74) is 0. The lowest BCUT2D eigenvalue weighted by molar-refractivity contribution is 0.0516. The summed E-state index contributed by atoms with van der Waals surface area (Å²) >= 11 is 0. The fraction of sp³-hybridized carbons (Fsp3) is 1.00. The second-order valence-corrected chi connectivity index (χ2v) is 7.33. The first-order valence-corrected chi connectivity index (χ1v) is 8.13. The molecule has 0 aromatic carbocycles. The minimum Gasteiger partial charge on any atom is -0.393 e. The molecule has 3 nitrogen and oxygen atoms in total. The predicted molar refractivity (Wildman–Crippen MR) is 80.2 cm³/mol. The molecule has 1 saturated heterocycles. The second-order valence-electron chi connectivity index (χ2n) is 7.33. The summed E-state index contributed by atoms with van der Waals surface area (Å²) in [7, 11) is 0. The Labute approximate surface area is 118 Å². The molecule has 1 aliphatic carbocycles. The van der Waals surface area contributed by atoms with Crippen LogP contribution in [0.4, 0.5) is 0 Å². The van der Waals surface area contributed by atoms with Crippen LogP contribution in [0.2, 0.25) is 0 Å². The van der Waals surface area contributed by atoms with E-state index in [0.29, 0.717) is 23.9 Å². The molecular weight excluding hydrogens is 236 g/mol. The maximum atomic E-state index is 10.1. The molecule has 3 unspecified atom stereocenters. The van der Waals surface area contributed by atoms with Crippen LogP contribution >= 0.6 is 0 Å². The Morgan fingerprint density at radius 2 is 1.79 bits per heavy atom. The monoisotopic (exact) mass is 268 g/mol. The van der Waals surface area contributed by atoms with Gasteiger partial charge in [0.15, 0.2) is 0 Å². The Bertz CT molecular complexity index is 274. The fourth-order valence-corrected chi connectivity index (χ4v) is 3.15. The largest absolute Gasteiger partial charge is 0.393 e. The van der Waals surface area contributed by atoms with Gasteiger partial charge in [-0.05, 0) is 51.4 Å². The van der Waals surface area contributed by atoms with Gasteiger partial charge in [-0.2, -0.15) is 0 Å². The van der Waals surface area contributed by atoms with Crippen molar-refractivity contribution >= 4 is 0 Å². The average Bonchev–Trinajstić information content (AvgIpc) is 3.12. The summed E-state index contributed by atoms with van der Waals surface area (Å²) in [6.07, 6.45) is 4.78. The molecule has 1 aliphatic heterocycles. The number of piperidine rings is 1. The van der Waals surface area contributed by atoms with Gasteiger partial charge in [0.25, 0.3) is 0 Å². The molecule has 0 aromatic rings. The molecule has 1 heterocycles. The Balaban J connectivity index is 1.89. The van der Waals surface area contributed by atoms with Crippen LogP contribution < -0.4 is 5.32 Å².